The second-order valence-electron chi connectivity index (χ2n) is 9.71. The first-order valence-corrected chi connectivity index (χ1v) is 12.6. The van der Waals surface area contributed by atoms with Gasteiger partial charge in [0.2, 0.25) is 11.8 Å². The van der Waals surface area contributed by atoms with Gasteiger partial charge in [0.15, 0.2) is 0 Å². The number of rotatable bonds is 14. The third kappa shape index (κ3) is 8.89. The molecule has 1 heterocycles. The first-order chi connectivity index (χ1) is 15.5. The summed E-state index contributed by atoms with van der Waals surface area (Å²) in [6.07, 6.45) is 3.36. The number of Topliss-reactive ketones (excluding diaryl/α,β-unsaturated/α-hetero) is 1. The summed E-state index contributed by atoms with van der Waals surface area (Å²) < 4.78 is 5.35. The molecule has 0 aromatic carbocycles. The molecule has 2 N–H and O–H groups in total. The van der Waals surface area contributed by atoms with Gasteiger partial charge < -0.3 is 15.0 Å². The van der Waals surface area contributed by atoms with Crippen molar-refractivity contribution in [3.05, 3.63) is 0 Å². The summed E-state index contributed by atoms with van der Waals surface area (Å²) in [5.41, 5.74) is 0. The Morgan fingerprint density at radius 1 is 1.12 bits per heavy atom. The van der Waals surface area contributed by atoms with Crippen molar-refractivity contribution in [2.24, 2.45) is 23.7 Å². The lowest BCUT2D eigenvalue weighted by molar-refractivity contribution is -0.154. The molecule has 0 bridgehead atoms. The van der Waals surface area contributed by atoms with Crippen LogP contribution in [0.25, 0.3) is 0 Å². The first-order valence-electron chi connectivity index (χ1n) is 12.2. The number of esters is 1. The molecule has 1 aliphatic rings. The number of nitrogens with zero attached hydrogens (tertiary/aromatic N) is 1. The van der Waals surface area contributed by atoms with E-state index in [0.29, 0.717) is 32.4 Å². The van der Waals surface area contributed by atoms with Crippen LogP contribution in [0.1, 0.15) is 73.6 Å². The number of ether oxygens (including phenoxy) is 1. The first kappa shape index (κ1) is 29.4. The summed E-state index contributed by atoms with van der Waals surface area (Å²) in [4.78, 5) is 55.8. The van der Waals surface area contributed by atoms with Crippen molar-refractivity contribution < 1.29 is 23.9 Å². The van der Waals surface area contributed by atoms with Crippen LogP contribution in [0.3, 0.4) is 0 Å². The van der Waals surface area contributed by atoms with Gasteiger partial charge in [0.25, 0.3) is 0 Å². The minimum atomic E-state index is -0.918. The van der Waals surface area contributed by atoms with Crippen molar-refractivity contribution in [1.29, 1.82) is 0 Å². The zero-order valence-electron chi connectivity index (χ0n) is 21.0. The maximum Gasteiger partial charge on any atom is 0.328 e. The minimum Gasteiger partial charge on any atom is -0.464 e. The Bertz CT molecular complexity index is 670. The van der Waals surface area contributed by atoms with Crippen LogP contribution in [0.15, 0.2) is 0 Å². The van der Waals surface area contributed by atoms with Crippen molar-refractivity contribution in [2.45, 2.75) is 85.7 Å². The molecule has 190 valence electrons. The van der Waals surface area contributed by atoms with E-state index < -0.39 is 29.8 Å². The molecule has 33 heavy (non-hydrogen) atoms. The van der Waals surface area contributed by atoms with Gasteiger partial charge in [0, 0.05) is 19.0 Å². The standard InChI is InChI=1S/C24H42ClN3O5/c1-7-8-12-33-24(32)20-10-9-11-28(20)23(31)19(13-15(2)3)27-22(30)17(6)21(29)18(14-26-25)16(4)5/h15-20,26H,7-14H2,1-6H3,(H,27,30)/t17?,18-,19-,20-/m0/s1. The number of amides is 2. The van der Waals surface area contributed by atoms with Gasteiger partial charge in [-0.1, -0.05) is 41.0 Å². The highest BCUT2D eigenvalue weighted by Crippen LogP contribution is 2.22. The van der Waals surface area contributed by atoms with Gasteiger partial charge in [0.05, 0.1) is 12.5 Å². The second-order valence-corrected chi connectivity index (χ2v) is 9.98. The van der Waals surface area contributed by atoms with Crippen LogP contribution in [0, 0.1) is 23.7 Å². The number of likely N-dealkylation sites (tertiary alicyclic amines) is 1. The molecule has 0 radical (unpaired) electrons. The highest BCUT2D eigenvalue weighted by Gasteiger charge is 2.39. The summed E-state index contributed by atoms with van der Waals surface area (Å²) in [7, 11) is 0. The average Bonchev–Trinajstić information content (AvgIpc) is 3.25. The Morgan fingerprint density at radius 3 is 2.33 bits per heavy atom. The fraction of sp³-hybridized carbons (Fsp3) is 0.833. The number of carbonyl (C=O) groups excluding carboxylic acids is 4. The number of halogens is 1. The third-order valence-electron chi connectivity index (χ3n) is 6.16. The zero-order chi connectivity index (χ0) is 25.1. The third-order valence-corrected chi connectivity index (χ3v) is 6.31. The number of ketones is 1. The van der Waals surface area contributed by atoms with Gasteiger partial charge >= 0.3 is 5.97 Å². The van der Waals surface area contributed by atoms with Crippen molar-refractivity contribution in [1.82, 2.24) is 15.1 Å². The molecule has 2 amide bonds. The Balaban J connectivity index is 2.93. The molecule has 0 aromatic rings. The van der Waals surface area contributed by atoms with Gasteiger partial charge in [0.1, 0.15) is 17.9 Å². The molecule has 0 saturated carbocycles. The lowest BCUT2D eigenvalue weighted by Gasteiger charge is -2.30. The molecular formula is C24H42ClN3O5. The van der Waals surface area contributed by atoms with Crippen LogP contribution in [0.2, 0.25) is 0 Å². The lowest BCUT2D eigenvalue weighted by atomic mass is 9.85. The number of nitrogens with one attached hydrogen (secondary N) is 2. The molecule has 1 saturated heterocycles. The molecule has 9 heteroatoms. The molecule has 1 rings (SSSR count). The van der Waals surface area contributed by atoms with E-state index in [4.69, 9.17) is 16.5 Å². The van der Waals surface area contributed by atoms with Gasteiger partial charge in [-0.2, -0.15) is 0 Å². The van der Waals surface area contributed by atoms with E-state index in [0.717, 1.165) is 12.8 Å². The Kier molecular flexibility index (Phi) is 13.0. The van der Waals surface area contributed by atoms with Gasteiger partial charge in [-0.25, -0.2) is 9.63 Å². The molecular weight excluding hydrogens is 446 g/mol. The average molecular weight is 488 g/mol. The van der Waals surface area contributed by atoms with Crippen LogP contribution in [-0.4, -0.2) is 60.2 Å². The van der Waals surface area contributed by atoms with Gasteiger partial charge in [-0.05, 0) is 56.2 Å². The highest BCUT2D eigenvalue weighted by molar-refractivity contribution is 6.13. The van der Waals surface area contributed by atoms with Crippen molar-refractivity contribution in [3.8, 4) is 0 Å². The second kappa shape index (κ2) is 14.6. The summed E-state index contributed by atoms with van der Waals surface area (Å²) in [6, 6.07) is -1.43. The van der Waals surface area contributed by atoms with E-state index in [1.165, 1.54) is 4.90 Å². The largest absolute Gasteiger partial charge is 0.464 e. The smallest absolute Gasteiger partial charge is 0.328 e. The molecule has 0 aromatic heterocycles. The minimum absolute atomic E-state index is 0.0103. The normalized spacial score (nSPS) is 18.8. The summed E-state index contributed by atoms with van der Waals surface area (Å²) >= 11 is 5.61. The quantitative estimate of drug-likeness (QED) is 0.169. The predicted octanol–water partition coefficient (Wildman–Crippen LogP) is 3.07. The van der Waals surface area contributed by atoms with E-state index >= 15 is 0 Å². The Labute approximate surface area is 203 Å². The summed E-state index contributed by atoms with van der Waals surface area (Å²) in [6.45, 7) is 12.3. The molecule has 8 nitrogen and oxygen atoms in total. The number of unbranched alkanes of at least 4 members (excludes halogenated alkanes) is 1. The number of hydrogen-bond donors (Lipinski definition) is 2. The van der Waals surface area contributed by atoms with E-state index in [2.05, 4.69) is 10.2 Å². The van der Waals surface area contributed by atoms with E-state index in [-0.39, 0.29) is 36.0 Å². The monoisotopic (exact) mass is 487 g/mol. The van der Waals surface area contributed by atoms with Crippen LogP contribution in [-0.2, 0) is 23.9 Å². The van der Waals surface area contributed by atoms with E-state index in [1.807, 2.05) is 34.6 Å². The maximum atomic E-state index is 13.4. The van der Waals surface area contributed by atoms with Crippen LogP contribution in [0.5, 0.6) is 0 Å². The molecule has 1 fully saturated rings. The fourth-order valence-corrected chi connectivity index (χ4v) is 4.24. The molecule has 0 spiro atoms. The fourth-order valence-electron chi connectivity index (χ4n) is 4.08. The topological polar surface area (TPSA) is 105 Å². The van der Waals surface area contributed by atoms with Gasteiger partial charge in [-0.3, -0.25) is 14.4 Å². The highest BCUT2D eigenvalue weighted by atomic mass is 35.5. The summed E-state index contributed by atoms with van der Waals surface area (Å²) in [5.74, 6) is -2.58. The van der Waals surface area contributed by atoms with Crippen LogP contribution >= 0.6 is 11.8 Å². The van der Waals surface area contributed by atoms with Crippen molar-refractivity contribution in [3.63, 3.8) is 0 Å². The lowest BCUT2D eigenvalue weighted by Crippen LogP contribution is -2.54. The Morgan fingerprint density at radius 2 is 1.79 bits per heavy atom. The van der Waals surface area contributed by atoms with E-state index in [9.17, 15) is 19.2 Å². The molecule has 4 atom stereocenters. The SMILES string of the molecule is CCCCOC(=O)[C@@H]1CCCN1C(=O)[C@H](CC(C)C)NC(=O)C(C)C(=O)[C@@H](CNCl)C(C)C. The van der Waals surface area contributed by atoms with Crippen molar-refractivity contribution >= 4 is 35.3 Å². The van der Waals surface area contributed by atoms with E-state index in [1.54, 1.807) is 6.92 Å². The Hall–Kier alpha value is -1.67. The number of carbonyl (C=O) groups is 4. The maximum absolute atomic E-state index is 13.4. The van der Waals surface area contributed by atoms with Gasteiger partial charge in [-0.15, -0.1) is 0 Å². The summed E-state index contributed by atoms with van der Waals surface area (Å²) in [5, 5.41) is 2.80. The molecule has 0 aliphatic carbocycles. The zero-order valence-corrected chi connectivity index (χ0v) is 21.7. The number of hydrogen-bond acceptors (Lipinski definition) is 6. The van der Waals surface area contributed by atoms with Crippen molar-refractivity contribution in [2.75, 3.05) is 19.7 Å². The van der Waals surface area contributed by atoms with Crippen LogP contribution < -0.4 is 10.2 Å². The van der Waals surface area contributed by atoms with Crippen LogP contribution in [0.4, 0.5) is 0 Å². The molecule has 1 aliphatic heterocycles. The molecule has 1 unspecified atom stereocenters. The predicted molar refractivity (Wildman–Crippen MR) is 128 cm³/mol.